The Bertz CT molecular complexity index is 347. The van der Waals surface area contributed by atoms with Gasteiger partial charge in [0.2, 0.25) is 5.91 Å². The molecular weight excluding hydrogens is 251 g/mol. The van der Waals surface area contributed by atoms with Crippen LogP contribution in [0.3, 0.4) is 0 Å². The number of amidine groups is 1. The van der Waals surface area contributed by atoms with Gasteiger partial charge in [-0.25, -0.2) is 0 Å². The summed E-state index contributed by atoms with van der Waals surface area (Å²) >= 11 is 0. The van der Waals surface area contributed by atoms with Crippen molar-refractivity contribution in [3.05, 3.63) is 0 Å². The molecule has 1 fully saturated rings. The Morgan fingerprint density at radius 2 is 1.94 bits per heavy atom. The lowest BCUT2D eigenvalue weighted by Gasteiger charge is -2.38. The largest absolute Gasteiger partial charge is 0.409 e. The fourth-order valence-corrected chi connectivity index (χ4v) is 1.91. The summed E-state index contributed by atoms with van der Waals surface area (Å²) in [6.45, 7) is 2.12. The number of hydrogen-bond acceptors (Lipinski definition) is 3. The number of oxime groups is 1. The highest BCUT2D eigenvalue weighted by molar-refractivity contribution is 5.86. The molecule has 5 nitrogen and oxygen atoms in total. The average molecular weight is 267 g/mol. The molecule has 0 aromatic carbocycles. The predicted octanol–water partition coefficient (Wildman–Crippen LogP) is 1.31. The van der Waals surface area contributed by atoms with Gasteiger partial charge < -0.3 is 15.8 Å². The summed E-state index contributed by atoms with van der Waals surface area (Å²) in [4.78, 5) is 12.5. The Morgan fingerprint density at radius 1 is 1.44 bits per heavy atom. The molecule has 0 aromatic heterocycles. The standard InChI is InChI=1S/C10H16F3N3O2/c1-9(8(14)15-18)2-4-16(5-3-9)7(17)6-10(11,12)13/h18H,2-6H2,1H3,(H2,14,15). The van der Waals surface area contributed by atoms with Crippen LogP contribution in [0.15, 0.2) is 5.16 Å². The van der Waals surface area contributed by atoms with Crippen molar-refractivity contribution in [1.29, 1.82) is 0 Å². The highest BCUT2D eigenvalue weighted by atomic mass is 19.4. The van der Waals surface area contributed by atoms with Crippen molar-refractivity contribution in [3.8, 4) is 0 Å². The topological polar surface area (TPSA) is 78.9 Å². The van der Waals surface area contributed by atoms with E-state index in [0.29, 0.717) is 12.8 Å². The third-order valence-corrected chi connectivity index (χ3v) is 3.30. The van der Waals surface area contributed by atoms with Gasteiger partial charge in [-0.3, -0.25) is 4.79 Å². The number of halogens is 3. The van der Waals surface area contributed by atoms with Crippen LogP contribution in [0.25, 0.3) is 0 Å². The van der Waals surface area contributed by atoms with E-state index < -0.39 is 23.9 Å². The summed E-state index contributed by atoms with van der Waals surface area (Å²) in [5.41, 5.74) is 4.96. The second-order valence-electron chi connectivity index (χ2n) is 4.72. The number of nitrogens with zero attached hydrogens (tertiary/aromatic N) is 2. The van der Waals surface area contributed by atoms with Crippen LogP contribution in [0.2, 0.25) is 0 Å². The summed E-state index contributed by atoms with van der Waals surface area (Å²) in [6.07, 6.45) is -5.16. The van der Waals surface area contributed by atoms with Crippen LogP contribution < -0.4 is 5.73 Å². The smallest absolute Gasteiger partial charge is 0.397 e. The summed E-state index contributed by atoms with van der Waals surface area (Å²) in [5.74, 6) is -0.880. The molecule has 0 aromatic rings. The van der Waals surface area contributed by atoms with Gasteiger partial charge in [0.15, 0.2) is 0 Å². The summed E-state index contributed by atoms with van der Waals surface area (Å²) in [5, 5.41) is 11.5. The number of likely N-dealkylation sites (tertiary alicyclic amines) is 1. The number of piperidine rings is 1. The lowest BCUT2D eigenvalue weighted by atomic mass is 9.79. The van der Waals surface area contributed by atoms with Gasteiger partial charge in [-0.05, 0) is 12.8 Å². The SMILES string of the molecule is CC1(C(N)=NO)CCN(C(=O)CC(F)(F)F)CC1. The van der Waals surface area contributed by atoms with E-state index >= 15 is 0 Å². The molecule has 1 rings (SSSR count). The van der Waals surface area contributed by atoms with Gasteiger partial charge in [0.1, 0.15) is 12.3 Å². The van der Waals surface area contributed by atoms with Gasteiger partial charge in [-0.15, -0.1) is 0 Å². The van der Waals surface area contributed by atoms with E-state index in [-0.39, 0.29) is 18.9 Å². The molecule has 0 radical (unpaired) electrons. The van der Waals surface area contributed by atoms with E-state index in [1.807, 2.05) is 0 Å². The zero-order valence-electron chi connectivity index (χ0n) is 10.00. The van der Waals surface area contributed by atoms with Gasteiger partial charge in [-0.1, -0.05) is 12.1 Å². The molecule has 0 aliphatic carbocycles. The van der Waals surface area contributed by atoms with Crippen molar-refractivity contribution in [3.63, 3.8) is 0 Å². The minimum absolute atomic E-state index is 0.0467. The quantitative estimate of drug-likeness (QED) is 0.343. The molecule has 3 N–H and O–H groups in total. The molecule has 8 heteroatoms. The molecule has 1 aliphatic heterocycles. The van der Waals surface area contributed by atoms with Crippen molar-refractivity contribution < 1.29 is 23.2 Å². The third-order valence-electron chi connectivity index (χ3n) is 3.30. The van der Waals surface area contributed by atoms with Gasteiger partial charge in [0.25, 0.3) is 0 Å². The maximum absolute atomic E-state index is 12.1. The van der Waals surface area contributed by atoms with Crippen LogP contribution in [0, 0.1) is 5.41 Å². The fourth-order valence-electron chi connectivity index (χ4n) is 1.91. The second kappa shape index (κ2) is 5.03. The molecule has 0 saturated carbocycles. The highest BCUT2D eigenvalue weighted by Crippen LogP contribution is 2.32. The first kappa shape index (κ1) is 14.6. The van der Waals surface area contributed by atoms with Gasteiger partial charge in [-0.2, -0.15) is 13.2 Å². The maximum atomic E-state index is 12.1. The lowest BCUT2D eigenvalue weighted by Crippen LogP contribution is -2.48. The fraction of sp³-hybridized carbons (Fsp3) is 0.800. The number of carbonyl (C=O) groups is 1. The molecule has 104 valence electrons. The molecule has 1 heterocycles. The monoisotopic (exact) mass is 267 g/mol. The lowest BCUT2D eigenvalue weighted by molar-refractivity contribution is -0.162. The predicted molar refractivity (Wildman–Crippen MR) is 58.0 cm³/mol. The van der Waals surface area contributed by atoms with Crippen molar-refractivity contribution in [2.24, 2.45) is 16.3 Å². The molecule has 0 bridgehead atoms. The highest BCUT2D eigenvalue weighted by Gasteiger charge is 2.38. The van der Waals surface area contributed by atoms with Crippen molar-refractivity contribution in [2.45, 2.75) is 32.4 Å². The van der Waals surface area contributed by atoms with Crippen molar-refractivity contribution in [1.82, 2.24) is 4.90 Å². The molecule has 18 heavy (non-hydrogen) atoms. The normalized spacial score (nSPS) is 20.9. The molecule has 0 atom stereocenters. The average Bonchev–Trinajstić information content (AvgIpc) is 2.26. The van der Waals surface area contributed by atoms with E-state index in [1.54, 1.807) is 6.92 Å². The first-order chi connectivity index (χ1) is 8.18. The second-order valence-corrected chi connectivity index (χ2v) is 4.72. The molecule has 1 aliphatic rings. The molecule has 1 amide bonds. The van der Waals surface area contributed by atoms with E-state index in [9.17, 15) is 18.0 Å². The van der Waals surface area contributed by atoms with E-state index in [4.69, 9.17) is 10.9 Å². The molecular formula is C10H16F3N3O2. The van der Waals surface area contributed by atoms with Crippen LogP contribution in [0.5, 0.6) is 0 Å². The van der Waals surface area contributed by atoms with Crippen LogP contribution in [-0.4, -0.2) is 41.1 Å². The van der Waals surface area contributed by atoms with Crippen LogP contribution in [0.4, 0.5) is 13.2 Å². The minimum atomic E-state index is -4.48. The van der Waals surface area contributed by atoms with Crippen molar-refractivity contribution >= 4 is 11.7 Å². The Hall–Kier alpha value is -1.47. The number of amides is 1. The van der Waals surface area contributed by atoms with Crippen LogP contribution in [-0.2, 0) is 4.79 Å². The zero-order valence-corrected chi connectivity index (χ0v) is 10.00. The van der Waals surface area contributed by atoms with E-state index in [2.05, 4.69) is 5.16 Å². The Balaban J connectivity index is 2.57. The Morgan fingerprint density at radius 3 is 2.33 bits per heavy atom. The number of nitrogens with two attached hydrogens (primary N) is 1. The van der Waals surface area contributed by atoms with E-state index in [1.165, 1.54) is 4.90 Å². The number of alkyl halides is 3. The van der Waals surface area contributed by atoms with E-state index in [0.717, 1.165) is 0 Å². The van der Waals surface area contributed by atoms with Crippen LogP contribution in [0.1, 0.15) is 26.2 Å². The van der Waals surface area contributed by atoms with Crippen LogP contribution >= 0.6 is 0 Å². The number of carbonyl (C=O) groups excluding carboxylic acids is 1. The molecule has 0 unspecified atom stereocenters. The third kappa shape index (κ3) is 3.51. The van der Waals surface area contributed by atoms with Crippen molar-refractivity contribution in [2.75, 3.05) is 13.1 Å². The number of rotatable bonds is 2. The summed E-state index contributed by atoms with van der Waals surface area (Å²) in [6, 6.07) is 0. The number of hydrogen-bond donors (Lipinski definition) is 2. The summed E-state index contributed by atoms with van der Waals surface area (Å²) in [7, 11) is 0. The van der Waals surface area contributed by atoms with Gasteiger partial charge in [0.05, 0.1) is 0 Å². The zero-order chi connectivity index (χ0) is 14.0. The minimum Gasteiger partial charge on any atom is -0.409 e. The maximum Gasteiger partial charge on any atom is 0.397 e. The van der Waals surface area contributed by atoms with Gasteiger partial charge >= 0.3 is 6.18 Å². The first-order valence-corrected chi connectivity index (χ1v) is 5.50. The molecule has 1 saturated heterocycles. The Labute approximate surface area is 102 Å². The molecule has 0 spiro atoms. The van der Waals surface area contributed by atoms with Gasteiger partial charge in [0, 0.05) is 18.5 Å². The Kier molecular flexibility index (Phi) is 4.08. The summed E-state index contributed by atoms with van der Waals surface area (Å²) < 4.78 is 36.2. The first-order valence-electron chi connectivity index (χ1n) is 5.50.